The number of anilines is 3. The van der Waals surface area contributed by atoms with Crippen LogP contribution in [-0.2, 0) is 80.9 Å². The Balaban J connectivity index is 0.000000155. The third-order valence-electron chi connectivity index (χ3n) is 19.2. The van der Waals surface area contributed by atoms with E-state index in [0.29, 0.717) is 156 Å². The van der Waals surface area contributed by atoms with Gasteiger partial charge in [0.2, 0.25) is 0 Å². The van der Waals surface area contributed by atoms with Gasteiger partial charge in [0.15, 0.2) is 17.1 Å². The van der Waals surface area contributed by atoms with Crippen molar-refractivity contribution in [2.45, 2.75) is 118 Å². The summed E-state index contributed by atoms with van der Waals surface area (Å²) in [5.74, 6) is -2.51. The van der Waals surface area contributed by atoms with E-state index >= 15 is 4.39 Å². The van der Waals surface area contributed by atoms with Crippen LogP contribution in [0.2, 0.25) is 0 Å². The molecule has 3 N–H and O–H groups in total. The fourth-order valence-electron chi connectivity index (χ4n) is 14.4. The fourth-order valence-corrected chi connectivity index (χ4v) is 14.4. The fraction of sp³-hybridized carbons (Fsp3) is 0.286. The van der Waals surface area contributed by atoms with E-state index in [4.69, 9.17) is 14.2 Å². The van der Waals surface area contributed by atoms with Gasteiger partial charge in [0, 0.05) is 181 Å². The summed E-state index contributed by atoms with van der Waals surface area (Å²) in [4.78, 5) is 65.2. The molecule has 0 spiro atoms. The molecule has 22 nitrogen and oxygen atoms in total. The molecule has 9 heterocycles. The highest BCUT2D eigenvalue weighted by Crippen LogP contribution is 2.51. The Morgan fingerprint density at radius 1 is 0.466 bits per heavy atom. The van der Waals surface area contributed by atoms with Crippen molar-refractivity contribution in [3.05, 3.63) is 232 Å². The molecule has 118 heavy (non-hydrogen) atoms. The largest absolute Gasteiger partial charge is 0.466 e. The number of carbonyl (C=O) groups is 3. The zero-order valence-electron chi connectivity index (χ0n) is 64.6. The first kappa shape index (κ1) is 83.1. The van der Waals surface area contributed by atoms with Gasteiger partial charge in [0.25, 0.3) is 0 Å². The summed E-state index contributed by atoms with van der Waals surface area (Å²) in [6, 6.07) is 15.9. The van der Waals surface area contributed by atoms with Crippen molar-refractivity contribution in [2.24, 2.45) is 0 Å². The topological polar surface area (TPSA) is 257 Å². The van der Waals surface area contributed by atoms with Gasteiger partial charge in [-0.1, -0.05) is 0 Å². The van der Waals surface area contributed by atoms with E-state index < -0.39 is 76.7 Å². The van der Waals surface area contributed by atoms with Crippen LogP contribution in [0.1, 0.15) is 123 Å². The Bertz CT molecular complexity index is 5830. The van der Waals surface area contributed by atoms with Crippen molar-refractivity contribution in [2.75, 3.05) is 55.0 Å². The summed E-state index contributed by atoms with van der Waals surface area (Å²) in [6.45, 7) is 15.7. The second-order valence-corrected chi connectivity index (χ2v) is 28.4. The maximum Gasteiger partial charge on any atom is 0.435 e. The van der Waals surface area contributed by atoms with Gasteiger partial charge in [-0.15, -0.1) is 0 Å². The van der Waals surface area contributed by atoms with Crippen LogP contribution >= 0.6 is 0 Å². The lowest BCUT2D eigenvalue weighted by atomic mass is 9.98. The molecular formula is C84H75F12N15O7. The normalized spacial score (nSPS) is 12.4. The number of carbonyl (C=O) groups excluding carboxylic acids is 3. The molecule has 1 amide bonds. The molecule has 0 fully saturated rings. The molecule has 34 heteroatoms. The number of pyridine rings is 6. The number of rotatable bonds is 20. The standard InChI is InChI=1S/C32H31F4N5O4.C27H23F4N5O2.C25H21F4N5O/c1-6-40(30(43)45-31(3,4)5)25-13-20(33)12-22-21(25)14-24-28(22)29(41-9-8-26(39-41)32(34,35)36)23(17-38-24)19-10-18(15-37-16-19)11-27(42)44-7-2;1-3-33-21-10-17(28)9-19-18(21)11-22-25(19)26(36-6-5-23(35-36)27(29,30)31)20(14-34-22)16-7-15(12-32-13-16)8-24(37)38-4-2;1-2-31-20-9-16(26)8-18-17(20)10-21-23(18)24(34-5-3-22(33-34)25(27,28)29)19(13-32-21)15-7-14(4-6-35)11-30-12-15/h8-10,12-13,15-17H,6-7,11,14H2,1-5H3;5-7,9-10,12-14,33H,3-4,8,11H2,1-2H3;3,5,7-9,11-13,31,35H,2,4,6,10H2,1H3. The molecular weight excluding hydrogens is 1560 g/mol. The van der Waals surface area contributed by atoms with Crippen molar-refractivity contribution in [3.8, 4) is 83.8 Å². The number of amides is 1. The number of hydrogen-bond donors (Lipinski definition) is 3. The van der Waals surface area contributed by atoms with E-state index in [0.717, 1.165) is 44.3 Å². The SMILES string of the molecule is CCNc1cc(F)cc2c1Cc1ncc(-c3cncc(CC(=O)OCC)c3)c(-n3ccc(C(F)(F)F)n3)c1-2.CCNc1cc(F)cc2c1Cc1ncc(-c3cncc(CCO)c3)c(-n3ccc(C(F)(F)F)n3)c1-2.CCOC(=O)Cc1cncc(-c2cnc3c(c2-n2ccc(C(F)(F)F)n2)-c2cc(F)cc(N(CC)C(=O)OC(C)(C)C)c2C3)c1. The molecule has 612 valence electrons. The zero-order valence-corrected chi connectivity index (χ0v) is 64.6. The predicted molar refractivity (Wildman–Crippen MR) is 412 cm³/mol. The number of nitrogens with zero attached hydrogens (tertiary/aromatic N) is 13. The highest BCUT2D eigenvalue weighted by molar-refractivity contribution is 5.98. The number of esters is 2. The maximum atomic E-state index is 15.3. The first-order valence-electron chi connectivity index (χ1n) is 37.4. The van der Waals surface area contributed by atoms with Crippen molar-refractivity contribution in [1.82, 2.24) is 59.2 Å². The van der Waals surface area contributed by atoms with Crippen LogP contribution in [0.25, 0.3) is 83.8 Å². The number of nitrogens with one attached hydrogen (secondary N) is 2. The van der Waals surface area contributed by atoms with Gasteiger partial charge in [-0.05, 0) is 185 Å². The van der Waals surface area contributed by atoms with E-state index in [1.54, 1.807) is 84.5 Å². The number of aromatic nitrogens is 12. The summed E-state index contributed by atoms with van der Waals surface area (Å²) in [6.07, 6.45) is 4.03. The summed E-state index contributed by atoms with van der Waals surface area (Å²) < 4.78 is 185. The van der Waals surface area contributed by atoms with Crippen molar-refractivity contribution in [3.63, 3.8) is 0 Å². The third-order valence-corrected chi connectivity index (χ3v) is 19.2. The second-order valence-electron chi connectivity index (χ2n) is 28.4. The van der Waals surface area contributed by atoms with Crippen LogP contribution in [0.5, 0.6) is 0 Å². The molecule has 12 aromatic rings. The minimum Gasteiger partial charge on any atom is -0.466 e. The Morgan fingerprint density at radius 3 is 1.16 bits per heavy atom. The number of fused-ring (bicyclic) bond motifs is 9. The lowest BCUT2D eigenvalue weighted by molar-refractivity contribution is -0.143. The Labute approximate surface area is 667 Å². The average molecular weight is 1630 g/mol. The molecule has 0 unspecified atom stereocenters. The Morgan fingerprint density at radius 2 is 0.822 bits per heavy atom. The first-order valence-corrected chi connectivity index (χ1v) is 37.4. The molecule has 0 bridgehead atoms. The number of benzene rings is 3. The van der Waals surface area contributed by atoms with Crippen molar-refractivity contribution < 1.29 is 86.4 Å². The molecule has 3 aliphatic carbocycles. The highest BCUT2D eigenvalue weighted by Gasteiger charge is 2.40. The van der Waals surface area contributed by atoms with Gasteiger partial charge in [0.05, 0.1) is 65.9 Å². The van der Waals surface area contributed by atoms with E-state index in [2.05, 4.69) is 55.8 Å². The maximum absolute atomic E-state index is 15.3. The summed E-state index contributed by atoms with van der Waals surface area (Å²) in [7, 11) is 0. The molecule has 0 radical (unpaired) electrons. The van der Waals surface area contributed by atoms with Gasteiger partial charge in [0.1, 0.15) is 23.1 Å². The number of ether oxygens (including phenoxy) is 3. The Kier molecular flexibility index (Phi) is 23.8. The monoisotopic (exact) mass is 1630 g/mol. The van der Waals surface area contributed by atoms with Crippen LogP contribution < -0.4 is 15.5 Å². The minimum absolute atomic E-state index is 0.0253. The number of halogens is 12. The predicted octanol–water partition coefficient (Wildman–Crippen LogP) is 17.5. The summed E-state index contributed by atoms with van der Waals surface area (Å²) >= 11 is 0. The van der Waals surface area contributed by atoms with Crippen LogP contribution in [0.15, 0.2) is 147 Å². The Hall–Kier alpha value is -12.9. The summed E-state index contributed by atoms with van der Waals surface area (Å²) in [5, 5.41) is 27.1. The van der Waals surface area contributed by atoms with E-state index in [-0.39, 0.29) is 57.0 Å². The number of alkyl halides is 9. The van der Waals surface area contributed by atoms with Crippen LogP contribution in [0, 0.1) is 17.5 Å². The molecule has 0 saturated carbocycles. The van der Waals surface area contributed by atoms with Crippen LogP contribution in [0.3, 0.4) is 0 Å². The van der Waals surface area contributed by atoms with Crippen molar-refractivity contribution in [1.29, 1.82) is 0 Å². The lowest BCUT2D eigenvalue weighted by Crippen LogP contribution is -2.37. The van der Waals surface area contributed by atoms with Gasteiger partial charge >= 0.3 is 36.6 Å². The highest BCUT2D eigenvalue weighted by atomic mass is 19.4. The third kappa shape index (κ3) is 17.6. The minimum atomic E-state index is -4.71. The molecule has 3 aromatic carbocycles. The van der Waals surface area contributed by atoms with Gasteiger partial charge < -0.3 is 30.0 Å². The smallest absolute Gasteiger partial charge is 0.435 e. The van der Waals surface area contributed by atoms with Crippen molar-refractivity contribution >= 4 is 35.1 Å². The quantitative estimate of drug-likeness (QED) is 0.0364. The first-order chi connectivity index (χ1) is 56.2. The number of aliphatic hydroxyl groups excluding tert-OH is 1. The molecule has 0 aliphatic heterocycles. The molecule has 0 atom stereocenters. The summed E-state index contributed by atoms with van der Waals surface area (Å²) in [5.41, 5.74) is 9.66. The molecule has 9 aromatic heterocycles. The molecule has 15 rings (SSSR count). The molecule has 3 aliphatic rings. The second kappa shape index (κ2) is 33.8. The van der Waals surface area contributed by atoms with Crippen LogP contribution in [0.4, 0.5) is 74.5 Å². The number of aliphatic hydroxyl groups is 1. The van der Waals surface area contributed by atoms with Gasteiger partial charge in [-0.25, -0.2) is 32.0 Å². The van der Waals surface area contributed by atoms with Crippen LogP contribution in [-0.4, -0.2) is 127 Å². The van der Waals surface area contributed by atoms with E-state index in [1.807, 2.05) is 13.8 Å². The molecule has 0 saturated heterocycles. The van der Waals surface area contributed by atoms with Gasteiger partial charge in [-0.3, -0.25) is 44.4 Å². The average Bonchev–Trinajstić information content (AvgIpc) is 1.56. The van der Waals surface area contributed by atoms with Gasteiger partial charge in [-0.2, -0.15) is 54.8 Å². The number of hydrogen-bond acceptors (Lipinski definition) is 18. The zero-order chi connectivity index (χ0) is 84.4. The van der Waals surface area contributed by atoms with E-state index in [9.17, 15) is 67.8 Å². The lowest BCUT2D eigenvalue weighted by Gasteiger charge is -2.28. The van der Waals surface area contributed by atoms with E-state index in [1.165, 1.54) is 95.6 Å².